The number of anilines is 1. The molecular formula is C24H24BrN3O6S. The number of benzene rings is 3. The number of rotatable bonds is 10. The van der Waals surface area contributed by atoms with Crippen molar-refractivity contribution in [3.8, 4) is 17.2 Å². The number of hydrogen-bond donors (Lipinski definition) is 1. The van der Waals surface area contributed by atoms with Crippen molar-refractivity contribution in [2.24, 2.45) is 5.10 Å². The van der Waals surface area contributed by atoms with Crippen molar-refractivity contribution < 1.29 is 27.4 Å². The second-order valence-electron chi connectivity index (χ2n) is 7.04. The third kappa shape index (κ3) is 6.31. The van der Waals surface area contributed by atoms with E-state index in [9.17, 15) is 13.2 Å². The predicted octanol–water partition coefficient (Wildman–Crippen LogP) is 3.82. The van der Waals surface area contributed by atoms with E-state index in [1.165, 1.54) is 45.7 Å². The first-order valence-corrected chi connectivity index (χ1v) is 12.5. The average molecular weight is 562 g/mol. The quantitative estimate of drug-likeness (QED) is 0.298. The number of amides is 1. The van der Waals surface area contributed by atoms with Gasteiger partial charge in [-0.05, 0) is 42.5 Å². The first-order valence-electron chi connectivity index (χ1n) is 10.3. The highest BCUT2D eigenvalue weighted by Crippen LogP contribution is 2.35. The lowest BCUT2D eigenvalue weighted by molar-refractivity contribution is -0.119. The molecule has 1 amide bonds. The number of carbonyl (C=O) groups is 1. The largest absolute Gasteiger partial charge is 0.497 e. The summed E-state index contributed by atoms with van der Waals surface area (Å²) < 4.78 is 44.8. The lowest BCUT2D eigenvalue weighted by atomic mass is 10.2. The maximum absolute atomic E-state index is 13.5. The Balaban J connectivity index is 1.94. The van der Waals surface area contributed by atoms with Gasteiger partial charge in [-0.15, -0.1) is 0 Å². The molecule has 0 atom stereocenters. The van der Waals surface area contributed by atoms with E-state index in [2.05, 4.69) is 26.5 Å². The Morgan fingerprint density at radius 1 is 0.971 bits per heavy atom. The van der Waals surface area contributed by atoms with Crippen LogP contribution in [0.1, 0.15) is 5.56 Å². The Bertz CT molecular complexity index is 1320. The fourth-order valence-corrected chi connectivity index (χ4v) is 4.98. The number of sulfonamides is 1. The molecule has 0 unspecified atom stereocenters. The molecule has 0 aliphatic heterocycles. The number of hydrogen-bond acceptors (Lipinski definition) is 7. The molecule has 9 nitrogen and oxygen atoms in total. The van der Waals surface area contributed by atoms with Crippen molar-refractivity contribution in [1.82, 2.24) is 5.43 Å². The molecule has 3 aromatic rings. The summed E-state index contributed by atoms with van der Waals surface area (Å²) in [7, 11) is 0.248. The topological polar surface area (TPSA) is 107 Å². The van der Waals surface area contributed by atoms with Crippen LogP contribution >= 0.6 is 15.9 Å². The first kappa shape index (κ1) is 26.0. The first-order chi connectivity index (χ1) is 16.8. The predicted molar refractivity (Wildman–Crippen MR) is 137 cm³/mol. The zero-order chi connectivity index (χ0) is 25.4. The highest BCUT2D eigenvalue weighted by Gasteiger charge is 2.29. The molecule has 0 heterocycles. The molecule has 0 saturated heterocycles. The SMILES string of the molecule is COc1ccc(OC)c(N(CC(=O)N/N=C\c2cc(Br)ccc2OC)S(=O)(=O)c2ccccc2)c1. The van der Waals surface area contributed by atoms with Gasteiger partial charge in [0.25, 0.3) is 15.9 Å². The Kier molecular flexibility index (Phi) is 8.72. The number of hydrazone groups is 1. The van der Waals surface area contributed by atoms with Crippen molar-refractivity contribution in [3.05, 3.63) is 76.8 Å². The van der Waals surface area contributed by atoms with Crippen LogP contribution in [0.4, 0.5) is 5.69 Å². The normalized spacial score (nSPS) is 11.2. The zero-order valence-corrected chi connectivity index (χ0v) is 21.7. The van der Waals surface area contributed by atoms with Crippen LogP contribution < -0.4 is 23.9 Å². The van der Waals surface area contributed by atoms with Gasteiger partial charge in [-0.25, -0.2) is 13.8 Å². The van der Waals surface area contributed by atoms with Crippen LogP contribution in [0.3, 0.4) is 0 Å². The van der Waals surface area contributed by atoms with Gasteiger partial charge >= 0.3 is 0 Å². The number of carbonyl (C=O) groups excluding carboxylic acids is 1. The van der Waals surface area contributed by atoms with Crippen molar-refractivity contribution in [3.63, 3.8) is 0 Å². The second kappa shape index (κ2) is 11.7. The van der Waals surface area contributed by atoms with Gasteiger partial charge in [-0.3, -0.25) is 9.10 Å². The Morgan fingerprint density at radius 3 is 2.31 bits per heavy atom. The van der Waals surface area contributed by atoms with E-state index in [0.717, 1.165) is 8.78 Å². The Labute approximate surface area is 212 Å². The van der Waals surface area contributed by atoms with E-state index in [4.69, 9.17) is 14.2 Å². The zero-order valence-electron chi connectivity index (χ0n) is 19.3. The maximum atomic E-state index is 13.5. The smallest absolute Gasteiger partial charge is 0.264 e. The molecule has 3 aromatic carbocycles. The van der Waals surface area contributed by atoms with Crippen LogP contribution in [-0.4, -0.2) is 48.4 Å². The van der Waals surface area contributed by atoms with Crippen LogP contribution in [0.2, 0.25) is 0 Å². The van der Waals surface area contributed by atoms with E-state index in [-0.39, 0.29) is 16.3 Å². The molecule has 0 aliphatic rings. The maximum Gasteiger partial charge on any atom is 0.264 e. The van der Waals surface area contributed by atoms with Gasteiger partial charge in [0.1, 0.15) is 23.8 Å². The van der Waals surface area contributed by atoms with Gasteiger partial charge in [-0.1, -0.05) is 34.1 Å². The Hall–Kier alpha value is -3.57. The third-order valence-electron chi connectivity index (χ3n) is 4.86. The monoisotopic (exact) mass is 561 g/mol. The van der Waals surface area contributed by atoms with E-state index in [1.54, 1.807) is 42.5 Å². The van der Waals surface area contributed by atoms with Gasteiger partial charge in [0.05, 0.1) is 38.1 Å². The summed E-state index contributed by atoms with van der Waals surface area (Å²) in [5.74, 6) is 0.537. The highest BCUT2D eigenvalue weighted by atomic mass is 79.9. The van der Waals surface area contributed by atoms with E-state index in [1.807, 2.05) is 6.07 Å². The number of methoxy groups -OCH3 is 3. The molecule has 11 heteroatoms. The summed E-state index contributed by atoms with van der Waals surface area (Å²) in [5, 5.41) is 3.97. The molecule has 0 aliphatic carbocycles. The van der Waals surface area contributed by atoms with E-state index in [0.29, 0.717) is 17.1 Å². The minimum atomic E-state index is -4.14. The van der Waals surface area contributed by atoms with Gasteiger partial charge in [-0.2, -0.15) is 5.10 Å². The van der Waals surface area contributed by atoms with Gasteiger partial charge in [0.2, 0.25) is 0 Å². The van der Waals surface area contributed by atoms with E-state index >= 15 is 0 Å². The fraction of sp³-hybridized carbons (Fsp3) is 0.167. The molecular weight excluding hydrogens is 538 g/mol. The number of nitrogens with one attached hydrogen (secondary N) is 1. The minimum Gasteiger partial charge on any atom is -0.497 e. The van der Waals surface area contributed by atoms with Crippen molar-refractivity contribution in [2.45, 2.75) is 4.90 Å². The number of halogens is 1. The van der Waals surface area contributed by atoms with Crippen LogP contribution in [0, 0.1) is 0 Å². The van der Waals surface area contributed by atoms with Crippen molar-refractivity contribution in [2.75, 3.05) is 32.2 Å². The molecule has 3 rings (SSSR count). The number of nitrogens with zero attached hydrogens (tertiary/aromatic N) is 2. The van der Waals surface area contributed by atoms with Crippen LogP contribution in [0.15, 0.2) is 81.2 Å². The van der Waals surface area contributed by atoms with E-state index < -0.39 is 22.5 Å². The van der Waals surface area contributed by atoms with Crippen LogP contribution in [-0.2, 0) is 14.8 Å². The highest BCUT2D eigenvalue weighted by molar-refractivity contribution is 9.10. The molecule has 0 spiro atoms. The van der Waals surface area contributed by atoms with Crippen molar-refractivity contribution in [1.29, 1.82) is 0 Å². The molecule has 0 bridgehead atoms. The van der Waals surface area contributed by atoms with Gasteiger partial charge in [0, 0.05) is 16.1 Å². The van der Waals surface area contributed by atoms with Crippen LogP contribution in [0.25, 0.3) is 0 Å². The van der Waals surface area contributed by atoms with Gasteiger partial charge < -0.3 is 14.2 Å². The molecule has 1 N–H and O–H groups in total. The molecule has 35 heavy (non-hydrogen) atoms. The molecule has 0 aromatic heterocycles. The standard InChI is InChI=1S/C24H24BrN3O6S/c1-32-19-10-12-23(34-3)21(14-19)28(35(30,31)20-7-5-4-6-8-20)16-24(29)27-26-15-17-13-18(25)9-11-22(17)33-2/h4-15H,16H2,1-3H3,(H,27,29)/b26-15-. The van der Waals surface area contributed by atoms with Crippen molar-refractivity contribution >= 4 is 43.8 Å². The lowest BCUT2D eigenvalue weighted by Crippen LogP contribution is -2.39. The molecule has 0 radical (unpaired) electrons. The minimum absolute atomic E-state index is 0.0139. The summed E-state index contributed by atoms with van der Waals surface area (Å²) >= 11 is 3.37. The Morgan fingerprint density at radius 2 is 1.66 bits per heavy atom. The molecule has 0 saturated carbocycles. The molecule has 0 fully saturated rings. The van der Waals surface area contributed by atoms with Crippen LogP contribution in [0.5, 0.6) is 17.2 Å². The third-order valence-corrected chi connectivity index (χ3v) is 7.12. The summed E-state index contributed by atoms with van der Waals surface area (Å²) in [6.07, 6.45) is 1.41. The summed E-state index contributed by atoms with van der Waals surface area (Å²) in [5.41, 5.74) is 3.13. The summed E-state index contributed by atoms with van der Waals surface area (Å²) in [4.78, 5) is 12.8. The van der Waals surface area contributed by atoms with Gasteiger partial charge in [0.15, 0.2) is 0 Å². The fourth-order valence-electron chi connectivity index (χ4n) is 3.16. The number of ether oxygens (including phenoxy) is 3. The summed E-state index contributed by atoms with van der Waals surface area (Å²) in [6, 6.07) is 17.8. The summed E-state index contributed by atoms with van der Waals surface area (Å²) in [6.45, 7) is -0.562. The second-order valence-corrected chi connectivity index (χ2v) is 9.82. The molecule has 184 valence electrons. The average Bonchev–Trinajstić information content (AvgIpc) is 2.87. The lowest BCUT2D eigenvalue weighted by Gasteiger charge is -2.25.